The van der Waals surface area contributed by atoms with E-state index in [1.165, 1.54) is 6.20 Å². The molecule has 4 heterocycles. The predicted octanol–water partition coefficient (Wildman–Crippen LogP) is 2.67. The van der Waals surface area contributed by atoms with Crippen LogP contribution >= 0.6 is 11.3 Å². The van der Waals surface area contributed by atoms with E-state index in [4.69, 9.17) is 0 Å². The molecule has 4 rings (SSSR count). The first-order valence-corrected chi connectivity index (χ1v) is 8.01. The van der Waals surface area contributed by atoms with Gasteiger partial charge in [-0.05, 0) is 30.5 Å². The Kier molecular flexibility index (Phi) is 3.44. The van der Waals surface area contributed by atoms with Crippen molar-refractivity contribution in [3.8, 4) is 11.4 Å². The number of halogens is 1. The Morgan fingerprint density at radius 1 is 1.32 bits per heavy atom. The summed E-state index contributed by atoms with van der Waals surface area (Å²) in [6.45, 7) is 1.91. The molecule has 1 aliphatic rings. The molecule has 22 heavy (non-hydrogen) atoms. The molecule has 0 amide bonds. The lowest BCUT2D eigenvalue weighted by atomic mass is 10.2. The molecule has 112 valence electrons. The minimum Gasteiger partial charge on any atom is -0.365 e. The summed E-state index contributed by atoms with van der Waals surface area (Å²) in [7, 11) is 0. The summed E-state index contributed by atoms with van der Waals surface area (Å²) in [4.78, 5) is 12.8. The molecule has 1 unspecified atom stereocenters. The van der Waals surface area contributed by atoms with Gasteiger partial charge >= 0.3 is 0 Å². The molecule has 0 saturated carbocycles. The minimum absolute atomic E-state index is 0.343. The first kappa shape index (κ1) is 13.5. The smallest absolute Gasteiger partial charge is 0.165 e. The van der Waals surface area contributed by atoms with Crippen LogP contribution in [0.5, 0.6) is 0 Å². The third-order valence-electron chi connectivity index (χ3n) is 3.72. The summed E-state index contributed by atoms with van der Waals surface area (Å²) in [6.07, 6.45) is 3.79. The highest BCUT2D eigenvalue weighted by atomic mass is 32.1. The Morgan fingerprint density at radius 3 is 3.09 bits per heavy atom. The van der Waals surface area contributed by atoms with E-state index in [2.05, 4.69) is 25.6 Å². The van der Waals surface area contributed by atoms with Crippen molar-refractivity contribution in [3.05, 3.63) is 35.7 Å². The van der Waals surface area contributed by atoms with Gasteiger partial charge in [0.2, 0.25) is 0 Å². The number of rotatable bonds is 3. The summed E-state index contributed by atoms with van der Waals surface area (Å²) < 4.78 is 15.0. The van der Waals surface area contributed by atoms with E-state index in [9.17, 15) is 4.39 Å². The van der Waals surface area contributed by atoms with Gasteiger partial charge in [-0.2, -0.15) is 0 Å². The second kappa shape index (κ2) is 5.58. The molecule has 0 aromatic carbocycles. The predicted molar refractivity (Wildman–Crippen MR) is 85.5 cm³/mol. The topological polar surface area (TPSA) is 62.7 Å². The third kappa shape index (κ3) is 2.42. The normalized spacial score (nSPS) is 18.0. The maximum atomic E-state index is 14.0. The van der Waals surface area contributed by atoms with E-state index in [1.807, 2.05) is 11.4 Å². The van der Waals surface area contributed by atoms with Crippen LogP contribution in [0.15, 0.2) is 29.9 Å². The van der Waals surface area contributed by atoms with Crippen molar-refractivity contribution in [1.82, 2.24) is 20.3 Å². The van der Waals surface area contributed by atoms with Gasteiger partial charge in [-0.15, -0.1) is 11.3 Å². The van der Waals surface area contributed by atoms with E-state index in [1.54, 1.807) is 23.6 Å². The van der Waals surface area contributed by atoms with Crippen LogP contribution in [0.2, 0.25) is 0 Å². The van der Waals surface area contributed by atoms with Crippen molar-refractivity contribution < 1.29 is 4.39 Å². The highest BCUT2D eigenvalue weighted by molar-refractivity contribution is 7.17. The average Bonchev–Trinajstić information content (AvgIpc) is 3.18. The Morgan fingerprint density at radius 2 is 2.27 bits per heavy atom. The molecule has 3 aromatic rings. The van der Waals surface area contributed by atoms with Gasteiger partial charge in [0.1, 0.15) is 5.82 Å². The number of hydrogen-bond donors (Lipinski definition) is 2. The van der Waals surface area contributed by atoms with Crippen molar-refractivity contribution in [3.63, 3.8) is 0 Å². The molecule has 0 bridgehead atoms. The van der Waals surface area contributed by atoms with Crippen molar-refractivity contribution >= 4 is 27.4 Å². The van der Waals surface area contributed by atoms with E-state index >= 15 is 0 Å². The van der Waals surface area contributed by atoms with Crippen molar-refractivity contribution in [1.29, 1.82) is 0 Å². The lowest BCUT2D eigenvalue weighted by Crippen LogP contribution is -2.22. The lowest BCUT2D eigenvalue weighted by molar-refractivity contribution is 0.623. The molecule has 0 radical (unpaired) electrons. The van der Waals surface area contributed by atoms with E-state index in [0.717, 1.165) is 35.5 Å². The maximum Gasteiger partial charge on any atom is 0.165 e. The zero-order valence-corrected chi connectivity index (χ0v) is 12.5. The number of thiophene rings is 1. The molecule has 0 aliphatic carbocycles. The van der Waals surface area contributed by atoms with Gasteiger partial charge in [-0.3, -0.25) is 4.98 Å². The van der Waals surface area contributed by atoms with Crippen molar-refractivity contribution in [2.45, 2.75) is 12.5 Å². The lowest BCUT2D eigenvalue weighted by Gasteiger charge is -2.13. The second-order valence-corrected chi connectivity index (χ2v) is 6.14. The molecule has 5 nitrogen and oxygen atoms in total. The molecule has 1 aliphatic heterocycles. The SMILES string of the molecule is Fc1cnccc1-c1nc(NC2CCNC2)c2sccc2n1. The molecule has 1 fully saturated rings. The Bertz CT molecular complexity index is 813. The van der Waals surface area contributed by atoms with Crippen LogP contribution in [0.3, 0.4) is 0 Å². The molecule has 2 N–H and O–H groups in total. The van der Waals surface area contributed by atoms with E-state index < -0.39 is 5.82 Å². The quantitative estimate of drug-likeness (QED) is 0.778. The van der Waals surface area contributed by atoms with Crippen LogP contribution in [0.1, 0.15) is 6.42 Å². The molecular formula is C15H14FN5S. The van der Waals surface area contributed by atoms with Gasteiger partial charge in [0.05, 0.1) is 22.0 Å². The van der Waals surface area contributed by atoms with Crippen LogP contribution in [-0.4, -0.2) is 34.1 Å². The van der Waals surface area contributed by atoms with Crippen molar-refractivity contribution in [2.24, 2.45) is 0 Å². The van der Waals surface area contributed by atoms with Crippen LogP contribution in [0, 0.1) is 5.82 Å². The van der Waals surface area contributed by atoms with Crippen LogP contribution < -0.4 is 10.6 Å². The Hall–Kier alpha value is -2.12. The third-order valence-corrected chi connectivity index (χ3v) is 4.63. The van der Waals surface area contributed by atoms with E-state index in [-0.39, 0.29) is 0 Å². The molecule has 7 heteroatoms. The molecule has 0 spiro atoms. The summed E-state index contributed by atoms with van der Waals surface area (Å²) in [5.74, 6) is 0.754. The Balaban J connectivity index is 1.81. The number of pyridine rings is 1. The number of hydrogen-bond acceptors (Lipinski definition) is 6. The zero-order valence-electron chi connectivity index (χ0n) is 11.7. The van der Waals surface area contributed by atoms with Gasteiger partial charge in [0.15, 0.2) is 11.6 Å². The average molecular weight is 315 g/mol. The summed E-state index contributed by atoms with van der Waals surface area (Å²) in [6, 6.07) is 3.88. The number of aromatic nitrogens is 3. The summed E-state index contributed by atoms with van der Waals surface area (Å²) in [5.41, 5.74) is 1.20. The summed E-state index contributed by atoms with van der Waals surface area (Å²) in [5, 5.41) is 8.75. The largest absolute Gasteiger partial charge is 0.365 e. The van der Waals surface area contributed by atoms with Gasteiger partial charge < -0.3 is 10.6 Å². The van der Waals surface area contributed by atoms with Crippen LogP contribution in [-0.2, 0) is 0 Å². The highest BCUT2D eigenvalue weighted by Gasteiger charge is 2.18. The fraction of sp³-hybridized carbons (Fsp3) is 0.267. The number of anilines is 1. The monoisotopic (exact) mass is 315 g/mol. The number of fused-ring (bicyclic) bond motifs is 1. The van der Waals surface area contributed by atoms with Crippen molar-refractivity contribution in [2.75, 3.05) is 18.4 Å². The zero-order chi connectivity index (χ0) is 14.9. The Labute approximate surface area is 130 Å². The maximum absolute atomic E-state index is 14.0. The first-order chi connectivity index (χ1) is 10.8. The van der Waals surface area contributed by atoms with Gasteiger partial charge in [-0.1, -0.05) is 0 Å². The highest BCUT2D eigenvalue weighted by Crippen LogP contribution is 2.30. The number of nitrogens with one attached hydrogen (secondary N) is 2. The fourth-order valence-electron chi connectivity index (χ4n) is 2.61. The standard InChI is InChI=1S/C15H14FN5S/c16-11-8-18-5-2-10(11)14-20-12-3-6-22-13(12)15(21-14)19-9-1-4-17-7-9/h2-3,5-6,8-9,17H,1,4,7H2,(H,19,20,21). The molecule has 1 saturated heterocycles. The summed E-state index contributed by atoms with van der Waals surface area (Å²) >= 11 is 1.59. The number of nitrogens with zero attached hydrogens (tertiary/aromatic N) is 3. The second-order valence-electron chi connectivity index (χ2n) is 5.22. The first-order valence-electron chi connectivity index (χ1n) is 7.13. The van der Waals surface area contributed by atoms with Gasteiger partial charge in [0, 0.05) is 18.8 Å². The van der Waals surface area contributed by atoms with E-state index in [0.29, 0.717) is 17.4 Å². The molecule has 3 aromatic heterocycles. The molecule has 1 atom stereocenters. The van der Waals surface area contributed by atoms with Crippen LogP contribution in [0.25, 0.3) is 21.6 Å². The van der Waals surface area contributed by atoms with Gasteiger partial charge in [0.25, 0.3) is 0 Å². The minimum atomic E-state index is -0.412. The molecular weight excluding hydrogens is 301 g/mol. The van der Waals surface area contributed by atoms with Crippen LogP contribution in [0.4, 0.5) is 10.2 Å². The fourth-order valence-corrected chi connectivity index (χ4v) is 3.39. The van der Waals surface area contributed by atoms with Gasteiger partial charge in [-0.25, -0.2) is 14.4 Å².